The third-order valence-corrected chi connectivity index (χ3v) is 3.13. The number of nitrogens with one attached hydrogen (secondary N) is 1. The van der Waals surface area contributed by atoms with Crippen LogP contribution in [0, 0.1) is 3.57 Å². The summed E-state index contributed by atoms with van der Waals surface area (Å²) in [4.78, 5) is 26.7. The lowest BCUT2D eigenvalue weighted by Crippen LogP contribution is -2.16. The van der Waals surface area contributed by atoms with Crippen molar-refractivity contribution in [3.05, 3.63) is 51.4 Å². The fourth-order valence-electron chi connectivity index (χ4n) is 1.56. The summed E-state index contributed by atoms with van der Waals surface area (Å²) in [6.45, 7) is 0. The molecule has 0 aliphatic carbocycles. The van der Waals surface area contributed by atoms with E-state index in [0.717, 1.165) is 3.57 Å². The number of phenols is 1. The summed E-state index contributed by atoms with van der Waals surface area (Å²) in [6.07, 6.45) is 1.32. The van der Waals surface area contributed by atoms with Gasteiger partial charge in [-0.05, 0) is 52.9 Å². The van der Waals surface area contributed by atoms with Crippen molar-refractivity contribution in [1.29, 1.82) is 0 Å². The Hall–Kier alpha value is -2.16. The number of hydrogen-bond acceptors (Lipinski definition) is 4. The van der Waals surface area contributed by atoms with Crippen molar-refractivity contribution in [3.8, 4) is 5.75 Å². The van der Waals surface area contributed by atoms with Gasteiger partial charge in [-0.25, -0.2) is 9.78 Å². The Kier molecular flexibility index (Phi) is 4.18. The van der Waals surface area contributed by atoms with Gasteiger partial charge in [-0.1, -0.05) is 0 Å². The average molecular weight is 384 g/mol. The normalized spacial score (nSPS) is 10.1. The SMILES string of the molecule is O=C(Nc1cccnc1C(=O)O)c1cc(I)ccc1O. The van der Waals surface area contributed by atoms with Crippen LogP contribution in [0.1, 0.15) is 20.8 Å². The lowest BCUT2D eigenvalue weighted by molar-refractivity contribution is 0.0691. The second kappa shape index (κ2) is 5.87. The van der Waals surface area contributed by atoms with Gasteiger partial charge in [-0.2, -0.15) is 0 Å². The average Bonchev–Trinajstić information content (AvgIpc) is 2.41. The molecule has 0 aliphatic rings. The van der Waals surface area contributed by atoms with Crippen LogP contribution in [0.15, 0.2) is 36.5 Å². The predicted octanol–water partition coefficient (Wildman–Crippen LogP) is 2.34. The molecule has 1 amide bonds. The highest BCUT2D eigenvalue weighted by Gasteiger charge is 2.16. The molecule has 0 saturated carbocycles. The highest BCUT2D eigenvalue weighted by atomic mass is 127. The maximum Gasteiger partial charge on any atom is 0.356 e. The number of phenolic OH excluding ortho intramolecular Hbond substituents is 1. The minimum Gasteiger partial charge on any atom is -0.507 e. The van der Waals surface area contributed by atoms with E-state index in [2.05, 4.69) is 10.3 Å². The first-order valence-corrected chi connectivity index (χ1v) is 6.55. The van der Waals surface area contributed by atoms with Gasteiger partial charge < -0.3 is 15.5 Å². The third-order valence-electron chi connectivity index (χ3n) is 2.46. The number of carboxylic acid groups (broad SMARTS) is 1. The van der Waals surface area contributed by atoms with Crippen molar-refractivity contribution in [2.45, 2.75) is 0 Å². The Morgan fingerprint density at radius 3 is 2.70 bits per heavy atom. The first kappa shape index (κ1) is 14.3. The van der Waals surface area contributed by atoms with Crippen molar-refractivity contribution in [1.82, 2.24) is 4.98 Å². The van der Waals surface area contributed by atoms with Gasteiger partial charge in [0.15, 0.2) is 5.69 Å². The molecule has 1 aromatic carbocycles. The van der Waals surface area contributed by atoms with Crippen LogP contribution < -0.4 is 5.32 Å². The number of anilines is 1. The first-order chi connectivity index (χ1) is 9.49. The third kappa shape index (κ3) is 3.05. The Morgan fingerprint density at radius 2 is 2.00 bits per heavy atom. The Labute approximate surface area is 127 Å². The summed E-state index contributed by atoms with van der Waals surface area (Å²) in [5.41, 5.74) is -0.119. The molecule has 0 aliphatic heterocycles. The molecule has 3 N–H and O–H groups in total. The van der Waals surface area contributed by atoms with Gasteiger partial charge in [-0.15, -0.1) is 0 Å². The van der Waals surface area contributed by atoms with Gasteiger partial charge in [0, 0.05) is 9.77 Å². The molecular formula is C13H9IN2O4. The molecule has 7 heteroatoms. The molecule has 0 unspecified atom stereocenters. The Balaban J connectivity index is 2.33. The maximum atomic E-state index is 12.1. The van der Waals surface area contributed by atoms with Crippen LogP contribution in [0.3, 0.4) is 0 Å². The van der Waals surface area contributed by atoms with Crippen molar-refractivity contribution in [3.63, 3.8) is 0 Å². The molecule has 6 nitrogen and oxygen atoms in total. The number of carbonyl (C=O) groups is 2. The van der Waals surface area contributed by atoms with Crippen molar-refractivity contribution in [2.24, 2.45) is 0 Å². The molecule has 102 valence electrons. The quantitative estimate of drug-likeness (QED) is 0.706. The van der Waals surface area contributed by atoms with E-state index in [0.29, 0.717) is 0 Å². The zero-order valence-corrected chi connectivity index (χ0v) is 12.2. The van der Waals surface area contributed by atoms with E-state index in [1.54, 1.807) is 6.07 Å². The van der Waals surface area contributed by atoms with E-state index < -0.39 is 11.9 Å². The first-order valence-electron chi connectivity index (χ1n) is 5.47. The number of nitrogens with zero attached hydrogens (tertiary/aromatic N) is 1. The summed E-state index contributed by atoms with van der Waals surface area (Å²) in [5.74, 6) is -2.02. The summed E-state index contributed by atoms with van der Waals surface area (Å²) < 4.78 is 0.773. The number of carboxylic acids is 1. The summed E-state index contributed by atoms with van der Waals surface area (Å²) >= 11 is 2.01. The topological polar surface area (TPSA) is 99.5 Å². The monoisotopic (exact) mass is 384 g/mol. The second-order valence-corrected chi connectivity index (χ2v) is 5.07. The number of benzene rings is 1. The zero-order valence-electron chi connectivity index (χ0n) is 10.0. The molecule has 0 fully saturated rings. The molecule has 0 saturated heterocycles. The van der Waals surface area contributed by atoms with Crippen LogP contribution in [0.5, 0.6) is 5.75 Å². The zero-order chi connectivity index (χ0) is 14.7. The fraction of sp³-hybridized carbons (Fsp3) is 0. The van der Waals surface area contributed by atoms with Gasteiger partial charge in [0.1, 0.15) is 5.75 Å². The van der Waals surface area contributed by atoms with Gasteiger partial charge in [0.25, 0.3) is 5.91 Å². The summed E-state index contributed by atoms with van der Waals surface area (Å²) in [6, 6.07) is 7.50. The lowest BCUT2D eigenvalue weighted by Gasteiger charge is -2.09. The Bertz CT molecular complexity index is 688. The van der Waals surface area contributed by atoms with Crippen LogP contribution in [0.2, 0.25) is 0 Å². The van der Waals surface area contributed by atoms with E-state index in [1.165, 1.54) is 30.5 Å². The maximum absolute atomic E-state index is 12.1. The van der Waals surface area contributed by atoms with E-state index in [9.17, 15) is 14.7 Å². The fourth-order valence-corrected chi connectivity index (χ4v) is 2.05. The smallest absolute Gasteiger partial charge is 0.356 e. The minimum absolute atomic E-state index is 0.0668. The number of pyridine rings is 1. The van der Waals surface area contributed by atoms with Crippen molar-refractivity contribution < 1.29 is 19.8 Å². The molecule has 2 aromatic rings. The van der Waals surface area contributed by atoms with Gasteiger partial charge in [0.2, 0.25) is 0 Å². The van der Waals surface area contributed by atoms with Gasteiger partial charge >= 0.3 is 5.97 Å². The second-order valence-electron chi connectivity index (χ2n) is 3.82. The molecule has 0 bridgehead atoms. The highest BCUT2D eigenvalue weighted by Crippen LogP contribution is 2.21. The number of hydrogen-bond donors (Lipinski definition) is 3. The number of amides is 1. The standard InChI is InChI=1S/C13H9IN2O4/c14-7-3-4-10(17)8(6-7)12(18)16-9-2-1-5-15-11(9)13(19)20/h1-6,17H,(H,16,18)(H,19,20). The molecule has 1 aromatic heterocycles. The molecule has 2 rings (SSSR count). The molecule has 0 atom stereocenters. The number of carbonyl (C=O) groups excluding carboxylic acids is 1. The van der Waals surface area contributed by atoms with Crippen LogP contribution in [0.4, 0.5) is 5.69 Å². The molecule has 20 heavy (non-hydrogen) atoms. The summed E-state index contributed by atoms with van der Waals surface area (Å²) in [5, 5.41) is 21.1. The number of aromatic carboxylic acids is 1. The van der Waals surface area contributed by atoms with Crippen molar-refractivity contribution >= 4 is 40.2 Å². The molecular weight excluding hydrogens is 375 g/mol. The number of aromatic nitrogens is 1. The van der Waals surface area contributed by atoms with Gasteiger partial charge in [0.05, 0.1) is 11.3 Å². The van der Waals surface area contributed by atoms with E-state index in [-0.39, 0.29) is 22.7 Å². The minimum atomic E-state index is -1.24. The Morgan fingerprint density at radius 1 is 1.25 bits per heavy atom. The largest absolute Gasteiger partial charge is 0.507 e. The lowest BCUT2D eigenvalue weighted by atomic mass is 10.2. The highest BCUT2D eigenvalue weighted by molar-refractivity contribution is 14.1. The number of aromatic hydroxyl groups is 1. The van der Waals surface area contributed by atoms with Crippen LogP contribution in [0.25, 0.3) is 0 Å². The molecule has 0 radical (unpaired) electrons. The number of halogens is 1. The molecule has 1 heterocycles. The van der Waals surface area contributed by atoms with Crippen LogP contribution >= 0.6 is 22.6 Å². The molecule has 0 spiro atoms. The van der Waals surface area contributed by atoms with Crippen LogP contribution in [-0.2, 0) is 0 Å². The van der Waals surface area contributed by atoms with E-state index in [4.69, 9.17) is 5.11 Å². The number of rotatable bonds is 3. The van der Waals surface area contributed by atoms with Crippen LogP contribution in [-0.4, -0.2) is 27.1 Å². The van der Waals surface area contributed by atoms with Gasteiger partial charge in [-0.3, -0.25) is 4.79 Å². The summed E-state index contributed by atoms with van der Waals surface area (Å²) in [7, 11) is 0. The van der Waals surface area contributed by atoms with E-state index in [1.807, 2.05) is 22.6 Å². The predicted molar refractivity (Wildman–Crippen MR) is 80.0 cm³/mol. The van der Waals surface area contributed by atoms with E-state index >= 15 is 0 Å². The van der Waals surface area contributed by atoms with Crippen molar-refractivity contribution in [2.75, 3.05) is 5.32 Å².